The lowest BCUT2D eigenvalue weighted by atomic mass is 10.0. The van der Waals surface area contributed by atoms with Gasteiger partial charge in [0.1, 0.15) is 17.1 Å². The number of carbonyl (C=O) groups excluding carboxylic acids is 1. The van der Waals surface area contributed by atoms with Gasteiger partial charge in [-0.3, -0.25) is 4.79 Å². The van der Waals surface area contributed by atoms with Crippen LogP contribution in [0.2, 0.25) is 0 Å². The molecule has 4 heterocycles. The minimum atomic E-state index is -0.558. The highest BCUT2D eigenvalue weighted by molar-refractivity contribution is 5.98. The SMILES string of the molecule is Cc1cc(C)[15n][13c](N2CC3CN(C(=O)c4c(F)cccc4-n4nccn4)CC3C2)[15n]1. The highest BCUT2D eigenvalue weighted by Crippen LogP contribution is 2.34. The number of hydrogen-bond acceptors (Lipinski definition) is 6. The first kappa shape index (κ1) is 18.7. The second-order valence-electron chi connectivity index (χ2n) is 8.04. The van der Waals surface area contributed by atoms with Crippen molar-refractivity contribution in [3.05, 3.63) is 59.4 Å². The zero-order valence-corrected chi connectivity index (χ0v) is 16.9. The molecule has 2 saturated heterocycles. The summed E-state index contributed by atoms with van der Waals surface area (Å²) >= 11 is 0. The topological polar surface area (TPSA) is 80.0 Å². The molecule has 0 spiro atoms. The number of rotatable bonds is 3. The molecule has 2 unspecified atom stereocenters. The van der Waals surface area contributed by atoms with Crippen LogP contribution in [-0.2, 0) is 0 Å². The molecule has 3 aromatic rings. The van der Waals surface area contributed by atoms with E-state index >= 15 is 0 Å². The molecule has 0 saturated carbocycles. The fraction of sp³-hybridized carbons (Fsp3) is 0.381. The van der Waals surface area contributed by atoms with Crippen LogP contribution in [0.4, 0.5) is 10.3 Å². The minimum absolute atomic E-state index is 0.0168. The molecule has 2 aliphatic heterocycles. The standard InChI is InChI=1S/C21H22FN7O/c1-13-8-14(2)26-21(25-13)28-11-15-9-27(10-16(15)12-28)20(30)19-17(22)4-3-5-18(19)29-23-6-7-24-29/h3-8,15-16H,9-12H2,1-2H3/i21+1,25+1,26+1. The Morgan fingerprint density at radius 1 is 1.00 bits per heavy atom. The van der Waals surface area contributed by atoms with Crippen LogP contribution in [0.15, 0.2) is 36.7 Å². The smallest absolute Gasteiger partial charge is 0.259 e. The predicted octanol–water partition coefficient (Wildman–Crippen LogP) is 2.02. The Morgan fingerprint density at radius 3 is 2.27 bits per heavy atom. The maximum atomic E-state index is 14.7. The summed E-state index contributed by atoms with van der Waals surface area (Å²) in [5.74, 6) is 0.509. The van der Waals surface area contributed by atoms with E-state index in [2.05, 4.69) is 25.1 Å². The van der Waals surface area contributed by atoms with Gasteiger partial charge in [0.05, 0.1) is 12.4 Å². The number of fused-ring (bicyclic) bond motifs is 1. The molecule has 8 nitrogen and oxygen atoms in total. The van der Waals surface area contributed by atoms with E-state index in [9.17, 15) is 9.18 Å². The molecular formula is C21H22FN7O. The number of carbonyl (C=O) groups is 1. The van der Waals surface area contributed by atoms with Crippen molar-refractivity contribution in [3.8, 4) is 5.69 Å². The van der Waals surface area contributed by atoms with Crippen LogP contribution in [0, 0.1) is 31.5 Å². The molecule has 9 heteroatoms. The molecule has 2 fully saturated rings. The number of amides is 1. The Bertz CT molecular complexity index is 1070. The van der Waals surface area contributed by atoms with Crippen molar-refractivity contribution in [2.45, 2.75) is 13.8 Å². The Balaban J connectivity index is 1.35. The number of benzene rings is 1. The Hall–Kier alpha value is -3.36. The fourth-order valence-electron chi connectivity index (χ4n) is 4.56. The van der Waals surface area contributed by atoms with Crippen molar-refractivity contribution in [1.29, 1.82) is 0 Å². The number of hydrogen-bond donors (Lipinski definition) is 0. The molecule has 5 rings (SSSR count). The maximum Gasteiger partial charge on any atom is 0.259 e. The number of likely N-dealkylation sites (tertiary alicyclic amines) is 1. The Kier molecular flexibility index (Phi) is 4.45. The third-order valence-electron chi connectivity index (χ3n) is 5.87. The van der Waals surface area contributed by atoms with E-state index in [0.29, 0.717) is 30.6 Å². The number of nitrogens with zero attached hydrogens (tertiary/aromatic N) is 7. The predicted molar refractivity (Wildman–Crippen MR) is 108 cm³/mol. The second-order valence-corrected chi connectivity index (χ2v) is 8.04. The average Bonchev–Trinajstić information content (AvgIpc) is 3.43. The summed E-state index contributed by atoms with van der Waals surface area (Å²) in [5.41, 5.74) is 2.27. The lowest BCUT2D eigenvalue weighted by molar-refractivity contribution is 0.0777. The van der Waals surface area contributed by atoms with Gasteiger partial charge in [-0.1, -0.05) is 6.07 Å². The molecule has 2 atom stereocenters. The summed E-state index contributed by atoms with van der Waals surface area (Å²) in [4.78, 5) is 27.6. The largest absolute Gasteiger partial charge is 0.340 e. The highest BCUT2D eigenvalue weighted by Gasteiger charge is 2.43. The molecule has 0 N–H and O–H groups in total. The quantitative estimate of drug-likeness (QED) is 0.657. The third kappa shape index (κ3) is 3.20. The van der Waals surface area contributed by atoms with E-state index in [1.165, 1.54) is 23.3 Å². The number of halogens is 1. The van der Waals surface area contributed by atoms with Crippen LogP contribution in [0.25, 0.3) is 5.69 Å². The van der Waals surface area contributed by atoms with Gasteiger partial charge in [-0.25, -0.2) is 14.4 Å². The normalized spacial score (nSPS) is 20.6. The van der Waals surface area contributed by atoms with Crippen molar-refractivity contribution in [2.75, 3.05) is 31.1 Å². The number of aromatic nitrogens is 5. The van der Waals surface area contributed by atoms with E-state index in [0.717, 1.165) is 30.4 Å². The Labute approximate surface area is 173 Å². The molecule has 30 heavy (non-hydrogen) atoms. The summed E-state index contributed by atoms with van der Waals surface area (Å²) in [7, 11) is 0. The number of aryl methyl sites for hydroxylation is 2. The molecule has 1 amide bonds. The number of anilines is 1. The Morgan fingerprint density at radius 2 is 1.63 bits per heavy atom. The van der Waals surface area contributed by atoms with E-state index in [1.54, 1.807) is 17.0 Å². The van der Waals surface area contributed by atoms with Gasteiger partial charge in [0, 0.05) is 49.4 Å². The minimum Gasteiger partial charge on any atom is -0.340 e. The monoisotopic (exact) mass is 410 g/mol. The first-order chi connectivity index (χ1) is 14.5. The van der Waals surface area contributed by atoms with Crippen LogP contribution in [0.3, 0.4) is 0 Å². The van der Waals surface area contributed by atoms with E-state index in [-0.39, 0.29) is 11.5 Å². The van der Waals surface area contributed by atoms with Gasteiger partial charge < -0.3 is 9.80 Å². The average molecular weight is 410 g/mol. The van der Waals surface area contributed by atoms with Gasteiger partial charge in [0.2, 0.25) is 5.95 Å². The van der Waals surface area contributed by atoms with Gasteiger partial charge in [-0.05, 0) is 32.0 Å². The van der Waals surface area contributed by atoms with Crippen molar-refractivity contribution in [2.24, 2.45) is 11.8 Å². The van der Waals surface area contributed by atoms with Gasteiger partial charge in [0.25, 0.3) is 5.91 Å². The van der Waals surface area contributed by atoms with Crippen LogP contribution in [0.1, 0.15) is 21.7 Å². The van der Waals surface area contributed by atoms with Gasteiger partial charge in [0.15, 0.2) is 0 Å². The first-order valence-corrected chi connectivity index (χ1v) is 10.0. The molecule has 1 aromatic carbocycles. The van der Waals surface area contributed by atoms with Crippen LogP contribution in [-0.4, -0.2) is 61.9 Å². The molecule has 0 radical (unpaired) electrons. The summed E-state index contributed by atoms with van der Waals surface area (Å²) in [6, 6.07) is 6.48. The zero-order chi connectivity index (χ0) is 20.8. The molecule has 2 aromatic heterocycles. The zero-order valence-electron chi connectivity index (χ0n) is 16.9. The van der Waals surface area contributed by atoms with E-state index in [4.69, 9.17) is 0 Å². The van der Waals surface area contributed by atoms with Crippen LogP contribution in [0.5, 0.6) is 0 Å². The molecule has 0 aliphatic carbocycles. The summed E-state index contributed by atoms with van der Waals surface area (Å²) in [5, 5.41) is 8.12. The van der Waals surface area contributed by atoms with E-state index in [1.807, 2.05) is 19.9 Å². The summed E-state index contributed by atoms with van der Waals surface area (Å²) < 4.78 is 14.7. The molecule has 0 bridgehead atoms. The van der Waals surface area contributed by atoms with Gasteiger partial charge >= 0.3 is 0 Å². The van der Waals surface area contributed by atoms with Gasteiger partial charge in [-0.15, -0.1) is 0 Å². The van der Waals surface area contributed by atoms with Crippen LogP contribution >= 0.6 is 0 Å². The molecule has 154 valence electrons. The lowest BCUT2D eigenvalue weighted by Gasteiger charge is -2.23. The first-order valence-electron chi connectivity index (χ1n) is 10.0. The molecular weight excluding hydrogens is 388 g/mol. The fourth-order valence-corrected chi connectivity index (χ4v) is 4.56. The second kappa shape index (κ2) is 7.16. The van der Waals surface area contributed by atoms with Crippen molar-refractivity contribution in [3.63, 3.8) is 0 Å². The third-order valence-corrected chi connectivity index (χ3v) is 5.87. The maximum absolute atomic E-state index is 14.7. The summed E-state index contributed by atoms with van der Waals surface area (Å²) in [6.07, 6.45) is 3.01. The van der Waals surface area contributed by atoms with Crippen LogP contribution < -0.4 is 4.90 Å². The van der Waals surface area contributed by atoms with E-state index < -0.39 is 5.82 Å². The van der Waals surface area contributed by atoms with Gasteiger partial charge in [-0.2, -0.15) is 15.0 Å². The van der Waals surface area contributed by atoms with Crippen molar-refractivity contribution < 1.29 is 9.18 Å². The molecule has 2 aliphatic rings. The van der Waals surface area contributed by atoms with Crippen molar-refractivity contribution >= 4 is 11.9 Å². The van der Waals surface area contributed by atoms with Crippen molar-refractivity contribution in [1.82, 2.24) is 29.9 Å². The lowest BCUT2D eigenvalue weighted by Crippen LogP contribution is -2.35. The summed E-state index contributed by atoms with van der Waals surface area (Å²) in [6.45, 7) is 6.70. The highest BCUT2D eigenvalue weighted by atomic mass is 19.1.